The Hall–Kier alpha value is -1.55. The molecule has 104 valence electrons. The standard InChI is InChI=1S/C15H23N3O/c1-4-12-9-13(5-2)18(17-12)11-15-8-7-14(19-15)10-16-6-3/h7-9,16H,4-6,10-11H2,1-3H3. The summed E-state index contributed by atoms with van der Waals surface area (Å²) in [6, 6.07) is 6.26. The molecule has 0 aliphatic carbocycles. The van der Waals surface area contributed by atoms with E-state index in [1.165, 1.54) is 5.69 Å². The highest BCUT2D eigenvalue weighted by atomic mass is 16.3. The van der Waals surface area contributed by atoms with E-state index in [0.29, 0.717) is 0 Å². The lowest BCUT2D eigenvalue weighted by Crippen LogP contribution is -2.10. The molecule has 0 aliphatic heterocycles. The number of aryl methyl sites for hydroxylation is 2. The van der Waals surface area contributed by atoms with Crippen molar-refractivity contribution in [1.82, 2.24) is 15.1 Å². The molecule has 2 heterocycles. The molecular weight excluding hydrogens is 238 g/mol. The summed E-state index contributed by atoms with van der Waals surface area (Å²) in [7, 11) is 0. The average molecular weight is 261 g/mol. The molecule has 19 heavy (non-hydrogen) atoms. The third-order valence-corrected chi connectivity index (χ3v) is 3.21. The fraction of sp³-hybridized carbons (Fsp3) is 0.533. The first-order valence-corrected chi connectivity index (χ1v) is 7.10. The predicted molar refractivity (Wildman–Crippen MR) is 76.2 cm³/mol. The van der Waals surface area contributed by atoms with Crippen LogP contribution in [0.25, 0.3) is 0 Å². The molecule has 0 saturated carbocycles. The molecule has 4 heteroatoms. The molecule has 0 saturated heterocycles. The second-order valence-corrected chi connectivity index (χ2v) is 4.64. The van der Waals surface area contributed by atoms with Gasteiger partial charge in [0.25, 0.3) is 0 Å². The van der Waals surface area contributed by atoms with Crippen molar-refractivity contribution >= 4 is 0 Å². The van der Waals surface area contributed by atoms with Crippen LogP contribution in [0, 0.1) is 0 Å². The van der Waals surface area contributed by atoms with E-state index in [-0.39, 0.29) is 0 Å². The maximum Gasteiger partial charge on any atom is 0.125 e. The molecule has 0 bridgehead atoms. The zero-order valence-electron chi connectivity index (χ0n) is 12.1. The smallest absolute Gasteiger partial charge is 0.125 e. The van der Waals surface area contributed by atoms with E-state index in [4.69, 9.17) is 4.42 Å². The van der Waals surface area contributed by atoms with Crippen molar-refractivity contribution in [2.24, 2.45) is 0 Å². The number of nitrogens with zero attached hydrogens (tertiary/aromatic N) is 2. The molecule has 0 aliphatic rings. The highest BCUT2D eigenvalue weighted by Gasteiger charge is 2.08. The second kappa shape index (κ2) is 6.57. The Morgan fingerprint density at radius 2 is 1.95 bits per heavy atom. The number of nitrogens with one attached hydrogen (secondary N) is 1. The minimum absolute atomic E-state index is 0.718. The molecule has 4 nitrogen and oxygen atoms in total. The van der Waals surface area contributed by atoms with Crippen molar-refractivity contribution in [3.63, 3.8) is 0 Å². The average Bonchev–Trinajstić information content (AvgIpc) is 3.03. The first-order valence-electron chi connectivity index (χ1n) is 7.10. The first-order chi connectivity index (χ1) is 9.26. The Bertz CT molecular complexity index is 513. The van der Waals surface area contributed by atoms with Gasteiger partial charge in [0.15, 0.2) is 0 Å². The van der Waals surface area contributed by atoms with E-state index in [1.807, 2.05) is 12.1 Å². The molecule has 0 radical (unpaired) electrons. The Labute approximate surface area is 114 Å². The van der Waals surface area contributed by atoms with Crippen LogP contribution < -0.4 is 5.32 Å². The van der Waals surface area contributed by atoms with Crippen LogP contribution in [0.1, 0.15) is 43.7 Å². The van der Waals surface area contributed by atoms with Gasteiger partial charge in [-0.2, -0.15) is 5.10 Å². The van der Waals surface area contributed by atoms with E-state index in [0.717, 1.165) is 49.7 Å². The van der Waals surface area contributed by atoms with Gasteiger partial charge in [0.1, 0.15) is 11.5 Å². The Morgan fingerprint density at radius 1 is 1.16 bits per heavy atom. The normalized spacial score (nSPS) is 11.1. The van der Waals surface area contributed by atoms with Gasteiger partial charge in [-0.05, 0) is 37.6 Å². The minimum Gasteiger partial charge on any atom is -0.463 e. The van der Waals surface area contributed by atoms with E-state index >= 15 is 0 Å². The fourth-order valence-corrected chi connectivity index (χ4v) is 2.11. The van der Waals surface area contributed by atoms with Crippen molar-refractivity contribution < 1.29 is 4.42 Å². The van der Waals surface area contributed by atoms with Gasteiger partial charge in [-0.3, -0.25) is 4.68 Å². The lowest BCUT2D eigenvalue weighted by atomic mass is 10.2. The summed E-state index contributed by atoms with van der Waals surface area (Å²) in [6.45, 7) is 8.84. The fourth-order valence-electron chi connectivity index (χ4n) is 2.11. The van der Waals surface area contributed by atoms with Gasteiger partial charge in [-0.15, -0.1) is 0 Å². The maximum atomic E-state index is 5.81. The maximum absolute atomic E-state index is 5.81. The first kappa shape index (κ1) is 13.9. The molecular formula is C15H23N3O. The topological polar surface area (TPSA) is 43.0 Å². The molecule has 1 N–H and O–H groups in total. The Balaban J connectivity index is 2.07. The van der Waals surface area contributed by atoms with Gasteiger partial charge in [0, 0.05) is 5.69 Å². The van der Waals surface area contributed by atoms with Gasteiger partial charge in [-0.1, -0.05) is 20.8 Å². The largest absolute Gasteiger partial charge is 0.463 e. The van der Waals surface area contributed by atoms with Crippen LogP contribution in [0.3, 0.4) is 0 Å². The number of aromatic nitrogens is 2. The summed E-state index contributed by atoms with van der Waals surface area (Å²) < 4.78 is 7.86. The zero-order chi connectivity index (χ0) is 13.7. The summed E-state index contributed by atoms with van der Waals surface area (Å²) in [5, 5.41) is 7.87. The molecule has 2 rings (SSSR count). The monoisotopic (exact) mass is 261 g/mol. The molecule has 0 spiro atoms. The van der Waals surface area contributed by atoms with Crippen LogP contribution in [-0.2, 0) is 25.9 Å². The molecule has 0 atom stereocenters. The quantitative estimate of drug-likeness (QED) is 0.833. The van der Waals surface area contributed by atoms with Crippen molar-refractivity contribution in [2.75, 3.05) is 6.54 Å². The zero-order valence-corrected chi connectivity index (χ0v) is 12.1. The van der Waals surface area contributed by atoms with Gasteiger partial charge in [-0.25, -0.2) is 0 Å². The number of hydrogen-bond acceptors (Lipinski definition) is 3. The van der Waals surface area contributed by atoms with Gasteiger partial charge < -0.3 is 9.73 Å². The number of hydrogen-bond donors (Lipinski definition) is 1. The van der Waals surface area contributed by atoms with Crippen LogP contribution in [0.4, 0.5) is 0 Å². The van der Waals surface area contributed by atoms with Crippen molar-refractivity contribution in [1.29, 1.82) is 0 Å². The SMILES string of the molecule is CCNCc1ccc(Cn2nc(CC)cc2CC)o1. The molecule has 2 aromatic rings. The third-order valence-electron chi connectivity index (χ3n) is 3.21. The van der Waals surface area contributed by atoms with E-state index < -0.39 is 0 Å². The van der Waals surface area contributed by atoms with Gasteiger partial charge in [0.2, 0.25) is 0 Å². The van der Waals surface area contributed by atoms with Crippen LogP contribution in [0.5, 0.6) is 0 Å². The van der Waals surface area contributed by atoms with Crippen molar-refractivity contribution in [3.8, 4) is 0 Å². The van der Waals surface area contributed by atoms with Gasteiger partial charge in [0.05, 0.1) is 18.8 Å². The Morgan fingerprint density at radius 3 is 2.63 bits per heavy atom. The highest BCUT2D eigenvalue weighted by molar-refractivity contribution is 5.13. The Kier molecular flexibility index (Phi) is 4.80. The van der Waals surface area contributed by atoms with E-state index in [1.54, 1.807) is 0 Å². The molecule has 0 amide bonds. The van der Waals surface area contributed by atoms with E-state index in [2.05, 4.69) is 41.9 Å². The summed E-state index contributed by atoms with van der Waals surface area (Å²) >= 11 is 0. The minimum atomic E-state index is 0.718. The summed E-state index contributed by atoms with van der Waals surface area (Å²) in [4.78, 5) is 0. The van der Waals surface area contributed by atoms with Crippen LogP contribution in [-0.4, -0.2) is 16.3 Å². The van der Waals surface area contributed by atoms with Crippen LogP contribution in [0.2, 0.25) is 0 Å². The molecule has 0 unspecified atom stereocenters. The molecule has 0 aromatic carbocycles. The van der Waals surface area contributed by atoms with E-state index in [9.17, 15) is 0 Å². The third kappa shape index (κ3) is 3.47. The van der Waals surface area contributed by atoms with Crippen molar-refractivity contribution in [3.05, 3.63) is 41.1 Å². The van der Waals surface area contributed by atoms with Gasteiger partial charge >= 0.3 is 0 Å². The highest BCUT2D eigenvalue weighted by Crippen LogP contribution is 2.13. The number of furan rings is 1. The van der Waals surface area contributed by atoms with Crippen molar-refractivity contribution in [2.45, 2.75) is 46.7 Å². The molecule has 2 aromatic heterocycles. The summed E-state index contributed by atoms with van der Waals surface area (Å²) in [5.74, 6) is 1.95. The predicted octanol–water partition coefficient (Wildman–Crippen LogP) is 2.76. The lowest BCUT2D eigenvalue weighted by Gasteiger charge is -2.03. The second-order valence-electron chi connectivity index (χ2n) is 4.64. The van der Waals surface area contributed by atoms with Crippen LogP contribution in [0.15, 0.2) is 22.6 Å². The van der Waals surface area contributed by atoms with Crippen LogP contribution >= 0.6 is 0 Å². The summed E-state index contributed by atoms with van der Waals surface area (Å²) in [6.07, 6.45) is 1.97. The molecule has 0 fully saturated rings. The summed E-state index contributed by atoms with van der Waals surface area (Å²) in [5.41, 5.74) is 2.41. The number of rotatable bonds is 7. The lowest BCUT2D eigenvalue weighted by molar-refractivity contribution is 0.429.